The molecule has 0 spiro atoms. The minimum absolute atomic E-state index is 0.0642. The van der Waals surface area contributed by atoms with Crippen molar-refractivity contribution in [2.24, 2.45) is 0 Å². The minimum atomic E-state index is -0.0642. The summed E-state index contributed by atoms with van der Waals surface area (Å²) in [7, 11) is 0. The van der Waals surface area contributed by atoms with Gasteiger partial charge in [0.2, 0.25) is 5.91 Å². The van der Waals surface area contributed by atoms with Crippen molar-refractivity contribution in [2.75, 3.05) is 25.0 Å². The van der Waals surface area contributed by atoms with E-state index in [0.29, 0.717) is 24.2 Å². The summed E-state index contributed by atoms with van der Waals surface area (Å²) in [6, 6.07) is 5.89. The first-order valence-electron chi connectivity index (χ1n) is 6.51. The quantitative estimate of drug-likeness (QED) is 0.840. The molecule has 0 aliphatic heterocycles. The van der Waals surface area contributed by atoms with Gasteiger partial charge in [0.15, 0.2) is 0 Å². The Kier molecular flexibility index (Phi) is 4.80. The number of hydrogen-bond acceptors (Lipinski definition) is 3. The number of nitrogens with zero attached hydrogens (tertiary/aromatic N) is 1. The number of nitrogens with one attached hydrogen (secondary N) is 1. The molecule has 19 heavy (non-hydrogen) atoms. The zero-order valence-electron chi connectivity index (χ0n) is 11.0. The first kappa shape index (κ1) is 14.3. The average Bonchev–Trinajstić information content (AvgIpc) is 3.17. The molecule has 0 atom stereocenters. The summed E-state index contributed by atoms with van der Waals surface area (Å²) in [5.74, 6) is -0.0642. The molecule has 0 unspecified atom stereocenters. The summed E-state index contributed by atoms with van der Waals surface area (Å²) >= 11 is 5.92. The van der Waals surface area contributed by atoms with Gasteiger partial charge >= 0.3 is 0 Å². The predicted octanol–water partition coefficient (Wildman–Crippen LogP) is 2.04. The maximum absolute atomic E-state index is 12.0. The topological polar surface area (TPSA) is 52.6 Å². The Balaban J connectivity index is 1.94. The number of rotatable bonds is 6. The van der Waals surface area contributed by atoms with Gasteiger partial charge < -0.3 is 10.4 Å². The lowest BCUT2D eigenvalue weighted by molar-refractivity contribution is -0.117. The van der Waals surface area contributed by atoms with Crippen LogP contribution in [0.3, 0.4) is 0 Å². The number of hydrogen-bond donors (Lipinski definition) is 2. The lowest BCUT2D eigenvalue weighted by Gasteiger charge is -2.20. The van der Waals surface area contributed by atoms with Gasteiger partial charge in [-0.2, -0.15) is 0 Å². The summed E-state index contributed by atoms with van der Waals surface area (Å²) in [4.78, 5) is 14.0. The zero-order valence-corrected chi connectivity index (χ0v) is 11.8. The Hall–Kier alpha value is -1.10. The number of carbonyl (C=O) groups excluding carboxylic acids is 1. The lowest BCUT2D eigenvalue weighted by Crippen LogP contribution is -2.36. The fourth-order valence-electron chi connectivity index (χ4n) is 2.06. The predicted molar refractivity (Wildman–Crippen MR) is 76.5 cm³/mol. The first-order chi connectivity index (χ1) is 9.10. The van der Waals surface area contributed by atoms with E-state index < -0.39 is 0 Å². The van der Waals surface area contributed by atoms with Crippen molar-refractivity contribution in [1.82, 2.24) is 4.90 Å². The highest BCUT2D eigenvalue weighted by Crippen LogP contribution is 2.26. The molecule has 1 fully saturated rings. The molecule has 0 saturated heterocycles. The van der Waals surface area contributed by atoms with E-state index in [1.807, 2.05) is 17.9 Å². The van der Waals surface area contributed by atoms with Gasteiger partial charge in [-0.25, -0.2) is 0 Å². The van der Waals surface area contributed by atoms with Crippen molar-refractivity contribution in [2.45, 2.75) is 25.8 Å². The number of anilines is 1. The molecular weight excluding hydrogens is 264 g/mol. The molecule has 104 valence electrons. The van der Waals surface area contributed by atoms with Gasteiger partial charge in [0.05, 0.1) is 13.2 Å². The van der Waals surface area contributed by atoms with E-state index in [4.69, 9.17) is 16.7 Å². The molecule has 0 aromatic heterocycles. The molecule has 0 heterocycles. The van der Waals surface area contributed by atoms with Gasteiger partial charge in [-0.05, 0) is 37.5 Å². The Morgan fingerprint density at radius 2 is 2.26 bits per heavy atom. The van der Waals surface area contributed by atoms with Crippen LogP contribution in [0.4, 0.5) is 5.69 Å². The van der Waals surface area contributed by atoms with E-state index in [9.17, 15) is 4.79 Å². The maximum atomic E-state index is 12.0. The summed E-state index contributed by atoms with van der Waals surface area (Å²) in [5, 5.41) is 12.5. The van der Waals surface area contributed by atoms with Crippen LogP contribution in [0.5, 0.6) is 0 Å². The number of amides is 1. The zero-order chi connectivity index (χ0) is 13.8. The Labute approximate surface area is 118 Å². The molecule has 1 aliphatic carbocycles. The van der Waals surface area contributed by atoms with E-state index in [0.717, 1.165) is 24.1 Å². The molecule has 2 N–H and O–H groups in total. The number of carbonyl (C=O) groups is 1. The SMILES string of the molecule is Cc1ccc(Cl)cc1NC(=O)CN(CCO)C1CC1. The van der Waals surface area contributed by atoms with Crippen LogP contribution < -0.4 is 5.32 Å². The summed E-state index contributed by atoms with van der Waals surface area (Å²) in [6.07, 6.45) is 2.23. The number of aliphatic hydroxyl groups is 1. The summed E-state index contributed by atoms with van der Waals surface area (Å²) < 4.78 is 0. The fourth-order valence-corrected chi connectivity index (χ4v) is 2.23. The lowest BCUT2D eigenvalue weighted by atomic mass is 10.2. The molecule has 1 saturated carbocycles. The van der Waals surface area contributed by atoms with Crippen molar-refractivity contribution in [3.8, 4) is 0 Å². The van der Waals surface area contributed by atoms with Crippen molar-refractivity contribution >= 4 is 23.2 Å². The third-order valence-electron chi connectivity index (χ3n) is 3.27. The number of benzene rings is 1. The van der Waals surface area contributed by atoms with Crippen LogP contribution in [-0.4, -0.2) is 41.7 Å². The molecule has 1 aromatic carbocycles. The molecule has 1 amide bonds. The molecule has 2 rings (SSSR count). The van der Waals surface area contributed by atoms with Crippen molar-refractivity contribution in [3.05, 3.63) is 28.8 Å². The van der Waals surface area contributed by atoms with Gasteiger partial charge in [-0.15, -0.1) is 0 Å². The first-order valence-corrected chi connectivity index (χ1v) is 6.89. The van der Waals surface area contributed by atoms with Crippen molar-refractivity contribution in [1.29, 1.82) is 0 Å². The molecule has 0 bridgehead atoms. The minimum Gasteiger partial charge on any atom is -0.395 e. The van der Waals surface area contributed by atoms with E-state index in [1.54, 1.807) is 12.1 Å². The Morgan fingerprint density at radius 3 is 2.89 bits per heavy atom. The van der Waals surface area contributed by atoms with Gasteiger partial charge in [-0.1, -0.05) is 17.7 Å². The average molecular weight is 283 g/mol. The summed E-state index contributed by atoms with van der Waals surface area (Å²) in [5.41, 5.74) is 1.73. The van der Waals surface area contributed by atoms with Gasteiger partial charge in [-0.3, -0.25) is 9.69 Å². The highest BCUT2D eigenvalue weighted by atomic mass is 35.5. The second-order valence-electron chi connectivity index (χ2n) is 4.93. The molecule has 0 radical (unpaired) electrons. The number of aryl methyl sites for hydroxylation is 1. The van der Waals surface area contributed by atoms with E-state index in [1.165, 1.54) is 0 Å². The van der Waals surface area contributed by atoms with E-state index in [-0.39, 0.29) is 12.5 Å². The monoisotopic (exact) mass is 282 g/mol. The standard InChI is InChI=1S/C14H19ClN2O2/c1-10-2-3-11(15)8-13(10)16-14(19)9-17(6-7-18)12-4-5-12/h2-3,8,12,18H,4-7,9H2,1H3,(H,16,19). The maximum Gasteiger partial charge on any atom is 0.238 e. The largest absolute Gasteiger partial charge is 0.395 e. The molecule has 4 nitrogen and oxygen atoms in total. The Bertz CT molecular complexity index is 461. The second-order valence-corrected chi connectivity index (χ2v) is 5.37. The van der Waals surface area contributed by atoms with Crippen LogP contribution in [0.15, 0.2) is 18.2 Å². The smallest absolute Gasteiger partial charge is 0.238 e. The summed E-state index contributed by atoms with van der Waals surface area (Å²) in [6.45, 7) is 2.88. The van der Waals surface area contributed by atoms with Crippen LogP contribution in [0, 0.1) is 6.92 Å². The highest BCUT2D eigenvalue weighted by Gasteiger charge is 2.29. The van der Waals surface area contributed by atoms with E-state index >= 15 is 0 Å². The van der Waals surface area contributed by atoms with Crippen LogP contribution in [0.25, 0.3) is 0 Å². The third-order valence-corrected chi connectivity index (χ3v) is 3.51. The van der Waals surface area contributed by atoms with Crippen LogP contribution in [0.1, 0.15) is 18.4 Å². The molecule has 1 aliphatic rings. The van der Waals surface area contributed by atoms with Gasteiger partial charge in [0.1, 0.15) is 0 Å². The fraction of sp³-hybridized carbons (Fsp3) is 0.500. The van der Waals surface area contributed by atoms with Crippen molar-refractivity contribution in [3.63, 3.8) is 0 Å². The van der Waals surface area contributed by atoms with Crippen molar-refractivity contribution < 1.29 is 9.90 Å². The number of halogens is 1. The highest BCUT2D eigenvalue weighted by molar-refractivity contribution is 6.31. The van der Waals surface area contributed by atoms with Crippen LogP contribution in [0.2, 0.25) is 5.02 Å². The normalized spacial score (nSPS) is 14.7. The van der Waals surface area contributed by atoms with E-state index in [2.05, 4.69) is 5.32 Å². The molecule has 1 aromatic rings. The van der Waals surface area contributed by atoms with Crippen LogP contribution in [-0.2, 0) is 4.79 Å². The van der Waals surface area contributed by atoms with Gasteiger partial charge in [0.25, 0.3) is 0 Å². The van der Waals surface area contributed by atoms with Crippen LogP contribution >= 0.6 is 11.6 Å². The Morgan fingerprint density at radius 1 is 1.53 bits per heavy atom. The van der Waals surface area contributed by atoms with Gasteiger partial charge in [0, 0.05) is 23.3 Å². The second kappa shape index (κ2) is 6.37. The molecular formula is C14H19ClN2O2. The number of aliphatic hydroxyl groups excluding tert-OH is 1. The third kappa shape index (κ3) is 4.20. The molecule has 5 heteroatoms.